The maximum Gasteiger partial charge on any atom is 0.323 e. The fourth-order valence-electron chi connectivity index (χ4n) is 2.77. The molecule has 0 bridgehead atoms. The number of rotatable bonds is 5. The van der Waals surface area contributed by atoms with E-state index in [1.165, 1.54) is 5.56 Å². The van der Waals surface area contributed by atoms with Gasteiger partial charge in [-0.2, -0.15) is 0 Å². The fraction of sp³-hybridized carbons (Fsp3) is 0.130. The van der Waals surface area contributed by atoms with E-state index in [2.05, 4.69) is 10.6 Å². The van der Waals surface area contributed by atoms with Crippen molar-refractivity contribution in [1.82, 2.24) is 4.90 Å². The Morgan fingerprint density at radius 3 is 1.96 bits per heavy atom. The van der Waals surface area contributed by atoms with E-state index >= 15 is 0 Å². The molecular formula is C23H23N3O2. The highest BCUT2D eigenvalue weighted by atomic mass is 16.2. The van der Waals surface area contributed by atoms with Crippen molar-refractivity contribution in [3.63, 3.8) is 0 Å². The summed E-state index contributed by atoms with van der Waals surface area (Å²) >= 11 is 0. The summed E-state index contributed by atoms with van der Waals surface area (Å²) in [4.78, 5) is 26.3. The first kappa shape index (κ1) is 19.2. The average molecular weight is 373 g/mol. The van der Waals surface area contributed by atoms with E-state index < -0.39 is 0 Å². The van der Waals surface area contributed by atoms with Gasteiger partial charge in [-0.05, 0) is 48.9 Å². The molecule has 2 N–H and O–H groups in total. The zero-order chi connectivity index (χ0) is 19.9. The fourth-order valence-corrected chi connectivity index (χ4v) is 2.77. The molecule has 0 saturated heterocycles. The molecule has 3 amide bonds. The Morgan fingerprint density at radius 2 is 1.36 bits per heavy atom. The lowest BCUT2D eigenvalue weighted by atomic mass is 10.1. The highest BCUT2D eigenvalue weighted by molar-refractivity contribution is 6.00. The summed E-state index contributed by atoms with van der Waals surface area (Å²) < 4.78 is 0. The normalized spacial score (nSPS) is 10.2. The van der Waals surface area contributed by atoms with Crippen molar-refractivity contribution < 1.29 is 9.59 Å². The molecule has 0 aliphatic rings. The molecule has 0 heterocycles. The minimum Gasteiger partial charge on any atom is -0.337 e. The van der Waals surface area contributed by atoms with Crippen molar-refractivity contribution in [1.29, 1.82) is 0 Å². The van der Waals surface area contributed by atoms with Crippen LogP contribution < -0.4 is 10.6 Å². The van der Waals surface area contributed by atoms with Crippen LogP contribution in [0.3, 0.4) is 0 Å². The third-order valence-corrected chi connectivity index (χ3v) is 4.31. The molecule has 0 aliphatic heterocycles. The van der Waals surface area contributed by atoms with Gasteiger partial charge in [0.25, 0.3) is 5.91 Å². The van der Waals surface area contributed by atoms with Crippen LogP contribution in [0.25, 0.3) is 0 Å². The summed E-state index contributed by atoms with van der Waals surface area (Å²) in [5.74, 6) is -0.0686. The quantitative estimate of drug-likeness (QED) is 0.667. The van der Waals surface area contributed by atoms with Crippen LogP contribution in [0.4, 0.5) is 16.2 Å². The molecule has 5 nitrogen and oxygen atoms in total. The minimum atomic E-state index is -0.332. The van der Waals surface area contributed by atoms with Crippen molar-refractivity contribution in [3.05, 3.63) is 95.6 Å². The number of hydrogen-bond donors (Lipinski definition) is 2. The number of carbonyl (C=O) groups is 2. The van der Waals surface area contributed by atoms with Crippen molar-refractivity contribution in [2.24, 2.45) is 0 Å². The average Bonchev–Trinajstić information content (AvgIpc) is 2.70. The molecule has 0 radical (unpaired) electrons. The van der Waals surface area contributed by atoms with Gasteiger partial charge in [-0.15, -0.1) is 0 Å². The standard InChI is InChI=1S/C23H23N3O2/c1-17-8-10-18(11-9-17)16-26(2)22(27)19-12-14-21(15-13-19)25-23(28)24-20-6-4-3-5-7-20/h3-15H,16H2,1-2H3,(H2,24,25,28). The largest absolute Gasteiger partial charge is 0.337 e. The summed E-state index contributed by atoms with van der Waals surface area (Å²) in [6, 6.07) is 23.9. The lowest BCUT2D eigenvalue weighted by Crippen LogP contribution is -2.26. The third-order valence-electron chi connectivity index (χ3n) is 4.31. The number of amides is 3. The SMILES string of the molecule is Cc1ccc(CN(C)C(=O)c2ccc(NC(=O)Nc3ccccc3)cc2)cc1. The Hall–Kier alpha value is -3.60. The number of nitrogens with one attached hydrogen (secondary N) is 2. The molecular weight excluding hydrogens is 350 g/mol. The molecule has 0 unspecified atom stereocenters. The number of para-hydroxylation sites is 1. The number of nitrogens with zero attached hydrogens (tertiary/aromatic N) is 1. The number of benzene rings is 3. The van der Waals surface area contributed by atoms with Crippen molar-refractivity contribution in [2.45, 2.75) is 13.5 Å². The van der Waals surface area contributed by atoms with Crippen molar-refractivity contribution in [2.75, 3.05) is 17.7 Å². The van der Waals surface area contributed by atoms with Gasteiger partial charge < -0.3 is 15.5 Å². The van der Waals surface area contributed by atoms with E-state index in [1.54, 1.807) is 36.2 Å². The smallest absolute Gasteiger partial charge is 0.323 e. The minimum absolute atomic E-state index is 0.0686. The second-order valence-corrected chi connectivity index (χ2v) is 6.67. The molecule has 28 heavy (non-hydrogen) atoms. The summed E-state index contributed by atoms with van der Waals surface area (Å²) in [5.41, 5.74) is 4.17. The first-order valence-corrected chi connectivity index (χ1v) is 9.05. The monoisotopic (exact) mass is 373 g/mol. The van der Waals surface area contributed by atoms with E-state index in [0.29, 0.717) is 23.5 Å². The van der Waals surface area contributed by atoms with Gasteiger partial charge in [0, 0.05) is 30.5 Å². The first-order chi connectivity index (χ1) is 13.5. The molecule has 142 valence electrons. The van der Waals surface area contributed by atoms with Crippen LogP contribution in [0, 0.1) is 6.92 Å². The summed E-state index contributed by atoms with van der Waals surface area (Å²) in [7, 11) is 1.78. The molecule has 0 aliphatic carbocycles. The zero-order valence-electron chi connectivity index (χ0n) is 16.0. The van der Waals surface area contributed by atoms with Gasteiger partial charge in [0.1, 0.15) is 0 Å². The maximum atomic E-state index is 12.6. The Bertz CT molecular complexity index is 936. The van der Waals surface area contributed by atoms with Crippen LogP contribution in [0.15, 0.2) is 78.9 Å². The maximum absolute atomic E-state index is 12.6. The highest BCUT2D eigenvalue weighted by Gasteiger charge is 2.12. The van der Waals surface area contributed by atoms with Gasteiger partial charge in [-0.1, -0.05) is 48.0 Å². The number of urea groups is 1. The molecule has 3 aromatic rings. The Labute approximate surface area is 165 Å². The molecule has 3 rings (SSSR count). The summed E-state index contributed by atoms with van der Waals surface area (Å²) in [6.07, 6.45) is 0. The number of hydrogen-bond acceptors (Lipinski definition) is 2. The first-order valence-electron chi connectivity index (χ1n) is 9.05. The van der Waals surface area contributed by atoms with E-state index in [1.807, 2.05) is 61.5 Å². The van der Waals surface area contributed by atoms with Gasteiger partial charge in [-0.25, -0.2) is 4.79 Å². The van der Waals surface area contributed by atoms with Gasteiger partial charge in [-0.3, -0.25) is 4.79 Å². The van der Waals surface area contributed by atoms with Gasteiger partial charge in [0.05, 0.1) is 0 Å². The molecule has 0 aromatic heterocycles. The van der Waals surface area contributed by atoms with Crippen molar-refractivity contribution in [3.8, 4) is 0 Å². The van der Waals surface area contributed by atoms with Gasteiger partial charge in [0.2, 0.25) is 0 Å². The van der Waals surface area contributed by atoms with E-state index in [9.17, 15) is 9.59 Å². The summed E-state index contributed by atoms with van der Waals surface area (Å²) in [5, 5.41) is 5.51. The molecule has 5 heteroatoms. The predicted octanol–water partition coefficient (Wildman–Crippen LogP) is 4.91. The van der Waals surface area contributed by atoms with Crippen LogP contribution >= 0.6 is 0 Å². The number of carbonyl (C=O) groups excluding carboxylic acids is 2. The number of aryl methyl sites for hydroxylation is 1. The topological polar surface area (TPSA) is 61.4 Å². The van der Waals surface area contributed by atoms with E-state index in [-0.39, 0.29) is 11.9 Å². The van der Waals surface area contributed by atoms with Crippen LogP contribution in [-0.2, 0) is 6.54 Å². The van der Waals surface area contributed by atoms with Gasteiger partial charge >= 0.3 is 6.03 Å². The Morgan fingerprint density at radius 1 is 0.786 bits per heavy atom. The summed E-state index contributed by atoms with van der Waals surface area (Å²) in [6.45, 7) is 2.58. The third kappa shape index (κ3) is 5.20. The predicted molar refractivity (Wildman–Crippen MR) is 113 cm³/mol. The second kappa shape index (κ2) is 8.86. The molecule has 3 aromatic carbocycles. The van der Waals surface area contributed by atoms with E-state index in [0.717, 1.165) is 5.56 Å². The van der Waals surface area contributed by atoms with Crippen LogP contribution in [0.2, 0.25) is 0 Å². The second-order valence-electron chi connectivity index (χ2n) is 6.67. The van der Waals surface area contributed by atoms with E-state index in [4.69, 9.17) is 0 Å². The lowest BCUT2D eigenvalue weighted by molar-refractivity contribution is 0.0785. The molecule has 0 fully saturated rings. The number of anilines is 2. The highest BCUT2D eigenvalue weighted by Crippen LogP contribution is 2.14. The van der Waals surface area contributed by atoms with Gasteiger partial charge in [0.15, 0.2) is 0 Å². The van der Waals surface area contributed by atoms with Crippen LogP contribution in [0.1, 0.15) is 21.5 Å². The molecule has 0 saturated carbocycles. The van der Waals surface area contributed by atoms with Crippen LogP contribution in [-0.4, -0.2) is 23.9 Å². The lowest BCUT2D eigenvalue weighted by Gasteiger charge is -2.18. The Kier molecular flexibility index (Phi) is 6.07. The molecule has 0 spiro atoms. The van der Waals surface area contributed by atoms with Crippen LogP contribution in [0.5, 0.6) is 0 Å². The Balaban J connectivity index is 1.57. The van der Waals surface area contributed by atoms with Crippen molar-refractivity contribution >= 4 is 23.3 Å². The molecule has 0 atom stereocenters. The zero-order valence-corrected chi connectivity index (χ0v) is 16.0.